The Morgan fingerprint density at radius 1 is 1.36 bits per heavy atom. The largest absolute Gasteiger partial charge is 0.364 e. The molecule has 4 nitrogen and oxygen atoms in total. The Morgan fingerprint density at radius 3 is 2.95 bits per heavy atom. The van der Waals surface area contributed by atoms with E-state index in [4.69, 9.17) is 10.5 Å². The van der Waals surface area contributed by atoms with Gasteiger partial charge in [0.2, 0.25) is 5.91 Å². The van der Waals surface area contributed by atoms with Crippen molar-refractivity contribution in [3.8, 4) is 0 Å². The van der Waals surface area contributed by atoms with E-state index in [0.717, 1.165) is 19.3 Å². The summed E-state index contributed by atoms with van der Waals surface area (Å²) in [6.45, 7) is 1.14. The molecule has 2 heterocycles. The van der Waals surface area contributed by atoms with Crippen LogP contribution in [0.3, 0.4) is 0 Å². The summed E-state index contributed by atoms with van der Waals surface area (Å²) in [4.78, 5) is 12.0. The summed E-state index contributed by atoms with van der Waals surface area (Å²) >= 11 is 1.75. The standard InChI is InChI=1S/C16H20N2O2S.ClH/c17-9-12-5-6-14(20-12)16(19)18-8-7-11-10-21-15-4-2-1-3-13(11)15;/h1-4,10,12,14H,5-9,17H2,(H,18,19);1H/t12-,14+;/m1./s1. The second kappa shape index (κ2) is 7.92. The topological polar surface area (TPSA) is 64.4 Å². The van der Waals surface area contributed by atoms with E-state index in [1.807, 2.05) is 0 Å². The first-order chi connectivity index (χ1) is 10.3. The molecule has 0 spiro atoms. The Bertz CT molecular complexity index is 631. The first kappa shape index (κ1) is 17.2. The van der Waals surface area contributed by atoms with Crippen LogP contribution in [0.15, 0.2) is 29.6 Å². The SMILES string of the molecule is Cl.NC[C@H]1CC[C@@H](C(=O)NCCc2csc3ccccc23)O1. The molecular weight excluding hydrogens is 320 g/mol. The van der Waals surface area contributed by atoms with Crippen molar-refractivity contribution in [3.05, 3.63) is 35.2 Å². The third kappa shape index (κ3) is 3.79. The molecule has 1 amide bonds. The van der Waals surface area contributed by atoms with Crippen LogP contribution in [0, 0.1) is 0 Å². The highest BCUT2D eigenvalue weighted by Gasteiger charge is 2.29. The van der Waals surface area contributed by atoms with E-state index in [9.17, 15) is 4.79 Å². The number of carbonyl (C=O) groups is 1. The lowest BCUT2D eigenvalue weighted by Gasteiger charge is -2.12. The van der Waals surface area contributed by atoms with E-state index in [-0.39, 0.29) is 30.5 Å². The fourth-order valence-corrected chi connectivity index (χ4v) is 3.73. The van der Waals surface area contributed by atoms with Crippen molar-refractivity contribution < 1.29 is 9.53 Å². The molecule has 1 aliphatic heterocycles. The molecule has 3 rings (SSSR count). The first-order valence-corrected chi connectivity index (χ1v) is 8.24. The summed E-state index contributed by atoms with van der Waals surface area (Å²) in [5.74, 6) is -0.00881. The summed E-state index contributed by atoms with van der Waals surface area (Å²) in [6.07, 6.45) is 2.22. The molecule has 2 aromatic rings. The summed E-state index contributed by atoms with van der Waals surface area (Å²) in [5.41, 5.74) is 6.85. The second-order valence-electron chi connectivity index (χ2n) is 5.36. The van der Waals surface area contributed by atoms with Crippen molar-refractivity contribution in [2.75, 3.05) is 13.1 Å². The van der Waals surface area contributed by atoms with E-state index in [1.165, 1.54) is 15.6 Å². The van der Waals surface area contributed by atoms with Gasteiger partial charge in [-0.3, -0.25) is 4.79 Å². The van der Waals surface area contributed by atoms with Crippen LogP contribution in [0.5, 0.6) is 0 Å². The third-order valence-electron chi connectivity index (χ3n) is 3.92. The van der Waals surface area contributed by atoms with Gasteiger partial charge in [-0.2, -0.15) is 0 Å². The lowest BCUT2D eigenvalue weighted by Crippen LogP contribution is -2.36. The monoisotopic (exact) mass is 340 g/mol. The van der Waals surface area contributed by atoms with Crippen LogP contribution >= 0.6 is 23.7 Å². The second-order valence-corrected chi connectivity index (χ2v) is 6.27. The molecule has 1 fully saturated rings. The number of halogens is 1. The Hall–Kier alpha value is -1.14. The van der Waals surface area contributed by atoms with Crippen molar-refractivity contribution in [1.29, 1.82) is 0 Å². The smallest absolute Gasteiger partial charge is 0.249 e. The molecule has 0 bridgehead atoms. The highest BCUT2D eigenvalue weighted by atomic mass is 35.5. The predicted molar refractivity (Wildman–Crippen MR) is 92.7 cm³/mol. The molecular formula is C16H21ClN2O2S. The number of carbonyl (C=O) groups excluding carboxylic acids is 1. The van der Waals surface area contributed by atoms with Crippen LogP contribution in [-0.2, 0) is 16.0 Å². The molecule has 3 N–H and O–H groups in total. The number of thiophene rings is 1. The average molecular weight is 341 g/mol. The molecule has 1 aromatic heterocycles. The van der Waals surface area contributed by atoms with Gasteiger partial charge in [0.05, 0.1) is 6.10 Å². The number of nitrogens with one attached hydrogen (secondary N) is 1. The van der Waals surface area contributed by atoms with Crippen LogP contribution < -0.4 is 11.1 Å². The Labute approximate surface area is 140 Å². The fraction of sp³-hybridized carbons (Fsp3) is 0.438. The van der Waals surface area contributed by atoms with E-state index < -0.39 is 0 Å². The number of hydrogen-bond donors (Lipinski definition) is 2. The normalized spacial score (nSPS) is 20.8. The number of amides is 1. The van der Waals surface area contributed by atoms with Crippen molar-refractivity contribution >= 4 is 39.7 Å². The summed E-state index contributed by atoms with van der Waals surface area (Å²) in [6, 6.07) is 8.36. The van der Waals surface area contributed by atoms with E-state index >= 15 is 0 Å². The fourth-order valence-electron chi connectivity index (χ4n) is 2.73. The van der Waals surface area contributed by atoms with Gasteiger partial charge in [-0.25, -0.2) is 0 Å². The van der Waals surface area contributed by atoms with Crippen LogP contribution in [-0.4, -0.2) is 31.2 Å². The van der Waals surface area contributed by atoms with Gasteiger partial charge < -0.3 is 15.8 Å². The summed E-state index contributed by atoms with van der Waals surface area (Å²) in [5, 5.41) is 6.43. The molecule has 1 aromatic carbocycles. The molecule has 0 radical (unpaired) electrons. The number of fused-ring (bicyclic) bond motifs is 1. The van der Waals surface area contributed by atoms with E-state index in [2.05, 4.69) is 35.0 Å². The highest BCUT2D eigenvalue weighted by molar-refractivity contribution is 7.17. The Morgan fingerprint density at radius 2 is 2.18 bits per heavy atom. The Kier molecular flexibility index (Phi) is 6.20. The molecule has 0 saturated carbocycles. The molecule has 2 atom stereocenters. The zero-order valence-corrected chi connectivity index (χ0v) is 13.9. The van der Waals surface area contributed by atoms with Gasteiger partial charge in [-0.05, 0) is 41.7 Å². The van der Waals surface area contributed by atoms with Crippen LogP contribution in [0.2, 0.25) is 0 Å². The van der Waals surface area contributed by atoms with Crippen LogP contribution in [0.4, 0.5) is 0 Å². The lowest BCUT2D eigenvalue weighted by atomic mass is 10.1. The lowest BCUT2D eigenvalue weighted by molar-refractivity contribution is -0.131. The number of benzene rings is 1. The minimum absolute atomic E-state index is 0. The maximum atomic E-state index is 12.0. The number of nitrogens with two attached hydrogens (primary N) is 1. The molecule has 1 saturated heterocycles. The van der Waals surface area contributed by atoms with Crippen LogP contribution in [0.25, 0.3) is 10.1 Å². The molecule has 22 heavy (non-hydrogen) atoms. The zero-order chi connectivity index (χ0) is 14.7. The van der Waals surface area contributed by atoms with Gasteiger partial charge in [-0.15, -0.1) is 23.7 Å². The Balaban J connectivity index is 0.00000176. The minimum Gasteiger partial charge on any atom is -0.364 e. The maximum Gasteiger partial charge on any atom is 0.249 e. The van der Waals surface area contributed by atoms with Crippen molar-refractivity contribution in [1.82, 2.24) is 5.32 Å². The quantitative estimate of drug-likeness (QED) is 0.879. The van der Waals surface area contributed by atoms with Gasteiger partial charge >= 0.3 is 0 Å². The zero-order valence-electron chi connectivity index (χ0n) is 12.3. The van der Waals surface area contributed by atoms with Gasteiger partial charge in [0.15, 0.2) is 0 Å². The van der Waals surface area contributed by atoms with E-state index in [1.54, 1.807) is 11.3 Å². The molecule has 0 unspecified atom stereocenters. The number of rotatable bonds is 5. The molecule has 0 aliphatic carbocycles. The number of hydrogen-bond acceptors (Lipinski definition) is 4. The van der Waals surface area contributed by atoms with Crippen molar-refractivity contribution in [2.24, 2.45) is 5.73 Å². The van der Waals surface area contributed by atoms with Crippen LogP contribution in [0.1, 0.15) is 18.4 Å². The van der Waals surface area contributed by atoms with Gasteiger partial charge in [0.1, 0.15) is 6.10 Å². The van der Waals surface area contributed by atoms with Gasteiger partial charge in [0.25, 0.3) is 0 Å². The van der Waals surface area contributed by atoms with E-state index in [0.29, 0.717) is 13.1 Å². The average Bonchev–Trinajstić information content (AvgIpc) is 3.14. The predicted octanol–water partition coefficient (Wildman–Crippen LogP) is 2.49. The van der Waals surface area contributed by atoms with Crippen molar-refractivity contribution in [3.63, 3.8) is 0 Å². The first-order valence-electron chi connectivity index (χ1n) is 7.36. The molecule has 120 valence electrons. The minimum atomic E-state index is -0.322. The van der Waals surface area contributed by atoms with Gasteiger partial charge in [-0.1, -0.05) is 18.2 Å². The maximum absolute atomic E-state index is 12.0. The van der Waals surface area contributed by atoms with Crippen molar-refractivity contribution in [2.45, 2.75) is 31.5 Å². The van der Waals surface area contributed by atoms with Gasteiger partial charge in [0, 0.05) is 17.8 Å². The highest BCUT2D eigenvalue weighted by Crippen LogP contribution is 2.25. The number of ether oxygens (including phenoxy) is 1. The summed E-state index contributed by atoms with van der Waals surface area (Å²) in [7, 11) is 0. The summed E-state index contributed by atoms with van der Waals surface area (Å²) < 4.78 is 6.89. The molecule has 1 aliphatic rings. The third-order valence-corrected chi connectivity index (χ3v) is 4.93. The molecule has 6 heteroatoms.